The highest BCUT2D eigenvalue weighted by Gasteiger charge is 2.19. The molecule has 0 aliphatic carbocycles. The molecule has 6 nitrogen and oxygen atoms in total. The molecule has 0 fully saturated rings. The van der Waals surface area contributed by atoms with Gasteiger partial charge in [0.15, 0.2) is 6.10 Å². The van der Waals surface area contributed by atoms with Crippen LogP contribution in [0, 0.1) is 0 Å². The molecule has 0 amide bonds. The Bertz CT molecular complexity index is 1580. The van der Waals surface area contributed by atoms with E-state index >= 15 is 0 Å². The van der Waals surface area contributed by atoms with Gasteiger partial charge in [-0.25, -0.2) is 0 Å². The maximum Gasteiger partial charge on any atom is 0.306 e. The van der Waals surface area contributed by atoms with Crippen molar-refractivity contribution in [2.45, 2.75) is 348 Å². The third kappa shape index (κ3) is 67.0. The molecule has 1 atom stereocenters. The highest BCUT2D eigenvalue weighted by atomic mass is 16.6. The fourth-order valence-corrected chi connectivity index (χ4v) is 9.91. The fourth-order valence-electron chi connectivity index (χ4n) is 9.91. The Kier molecular flexibility index (Phi) is 65.7. The van der Waals surface area contributed by atoms with Gasteiger partial charge >= 0.3 is 17.9 Å². The molecule has 0 aromatic carbocycles. The fraction of sp³-hybridized carbons (Fsp3) is 0.747. The number of carbonyl (C=O) groups is 3. The normalized spacial score (nSPS) is 12.7. The number of hydrogen-bond donors (Lipinski definition) is 0. The topological polar surface area (TPSA) is 78.9 Å². The van der Waals surface area contributed by atoms with Crippen molar-refractivity contribution in [3.63, 3.8) is 0 Å². The number of esters is 3. The molecular formula is C75H130O6. The summed E-state index contributed by atoms with van der Waals surface area (Å²) in [4.78, 5) is 38.4. The van der Waals surface area contributed by atoms with Crippen molar-refractivity contribution in [2.24, 2.45) is 0 Å². The maximum atomic E-state index is 12.9. The van der Waals surface area contributed by atoms with Gasteiger partial charge in [0.1, 0.15) is 13.2 Å². The van der Waals surface area contributed by atoms with E-state index in [9.17, 15) is 14.4 Å². The van der Waals surface area contributed by atoms with E-state index in [-0.39, 0.29) is 37.5 Å². The summed E-state index contributed by atoms with van der Waals surface area (Å²) in [6.07, 6.45) is 93.0. The molecule has 0 saturated carbocycles. The minimum absolute atomic E-state index is 0.104. The predicted molar refractivity (Wildman–Crippen MR) is 353 cm³/mol. The number of rotatable bonds is 63. The predicted octanol–water partition coefficient (Wildman–Crippen LogP) is 24.0. The second-order valence-electron chi connectivity index (χ2n) is 23.1. The van der Waals surface area contributed by atoms with Crippen LogP contribution in [0.5, 0.6) is 0 Å². The lowest BCUT2D eigenvalue weighted by Crippen LogP contribution is -2.30. The van der Waals surface area contributed by atoms with Gasteiger partial charge in [-0.1, -0.05) is 330 Å². The highest BCUT2D eigenvalue weighted by Crippen LogP contribution is 2.17. The first-order chi connectivity index (χ1) is 40.0. The summed E-state index contributed by atoms with van der Waals surface area (Å²) >= 11 is 0. The first-order valence-electron chi connectivity index (χ1n) is 34.7. The lowest BCUT2D eigenvalue weighted by molar-refractivity contribution is -0.166. The van der Waals surface area contributed by atoms with Crippen LogP contribution in [0.4, 0.5) is 0 Å². The molecule has 0 radical (unpaired) electrons. The molecule has 0 N–H and O–H groups in total. The average molecular weight is 1130 g/mol. The number of unbranched alkanes of at least 4 members (excludes halogenated alkanes) is 36. The zero-order chi connectivity index (χ0) is 58.5. The molecule has 466 valence electrons. The smallest absolute Gasteiger partial charge is 0.306 e. The van der Waals surface area contributed by atoms with Crippen LogP contribution in [0.2, 0.25) is 0 Å². The van der Waals surface area contributed by atoms with Gasteiger partial charge in [0, 0.05) is 19.3 Å². The Morgan fingerprint density at radius 2 is 0.506 bits per heavy atom. The minimum atomic E-state index is -0.818. The van der Waals surface area contributed by atoms with Crippen molar-refractivity contribution in [3.8, 4) is 0 Å². The van der Waals surface area contributed by atoms with Gasteiger partial charge in [0.2, 0.25) is 0 Å². The molecular weight excluding hydrogens is 997 g/mol. The van der Waals surface area contributed by atoms with Crippen LogP contribution < -0.4 is 0 Å². The summed E-state index contributed by atoms with van der Waals surface area (Å²) in [6, 6.07) is 0. The standard InChI is InChI=1S/C75H130O6/c1-4-7-10-13-16-19-22-25-28-31-33-34-35-36-37-38-39-40-42-44-47-50-53-56-59-62-65-68-74(77)80-71-72(70-79-73(76)67-64-61-58-55-52-49-46-43-30-27-24-21-18-15-12-9-6-3)81-75(78)69-66-63-60-57-54-51-48-45-41-32-29-26-23-20-17-14-11-8-5-2/h8,11,17,20,22,25-26,29,31,33,41,45,51,54,60,63,72H,4-7,9-10,12-16,18-19,21,23-24,27-28,30,32,34-40,42-44,46-50,52-53,55-59,61-62,64-71H2,1-3H3/b11-8-,20-17-,25-22-,29-26-,33-31-,45-41-,54-51-,63-60-. The second kappa shape index (κ2) is 68.8. The summed E-state index contributed by atoms with van der Waals surface area (Å²) < 4.78 is 16.9. The molecule has 81 heavy (non-hydrogen) atoms. The lowest BCUT2D eigenvalue weighted by atomic mass is 10.0. The average Bonchev–Trinajstić information content (AvgIpc) is 3.47. The molecule has 0 heterocycles. The van der Waals surface area contributed by atoms with E-state index in [4.69, 9.17) is 14.2 Å². The zero-order valence-corrected chi connectivity index (χ0v) is 53.5. The monoisotopic (exact) mass is 1130 g/mol. The summed E-state index contributed by atoms with van der Waals surface area (Å²) in [5.74, 6) is -0.973. The molecule has 0 aromatic heterocycles. The van der Waals surface area contributed by atoms with Crippen molar-refractivity contribution in [1.29, 1.82) is 0 Å². The number of allylic oxidation sites excluding steroid dienone is 16. The van der Waals surface area contributed by atoms with Gasteiger partial charge in [-0.3, -0.25) is 14.4 Å². The molecule has 0 aliphatic heterocycles. The third-order valence-corrected chi connectivity index (χ3v) is 15.1. The van der Waals surface area contributed by atoms with Crippen molar-refractivity contribution >= 4 is 17.9 Å². The van der Waals surface area contributed by atoms with E-state index in [1.165, 1.54) is 212 Å². The Morgan fingerprint density at radius 3 is 0.802 bits per heavy atom. The summed E-state index contributed by atoms with van der Waals surface area (Å²) in [7, 11) is 0. The number of hydrogen-bond acceptors (Lipinski definition) is 6. The van der Waals surface area contributed by atoms with Crippen molar-refractivity contribution < 1.29 is 28.6 Å². The largest absolute Gasteiger partial charge is 0.462 e. The van der Waals surface area contributed by atoms with Crippen molar-refractivity contribution in [1.82, 2.24) is 0 Å². The SMILES string of the molecule is CC/C=C\C/C=C\C/C=C\C/C=C\C/C=C\C/C=C\CCC(=O)OC(COC(=O)CCCCCCCCCCCCCCCCC/C=C\C/C=C\CCCCCCC)COC(=O)CCCCCCCCCCCCCCCCCCC. The minimum Gasteiger partial charge on any atom is -0.462 e. The first-order valence-corrected chi connectivity index (χ1v) is 34.7. The van der Waals surface area contributed by atoms with E-state index < -0.39 is 6.10 Å². The first kappa shape index (κ1) is 77.3. The van der Waals surface area contributed by atoms with E-state index in [0.29, 0.717) is 19.3 Å². The van der Waals surface area contributed by atoms with Crippen molar-refractivity contribution in [3.05, 3.63) is 97.2 Å². The van der Waals surface area contributed by atoms with Crippen LogP contribution in [0.15, 0.2) is 97.2 Å². The maximum absolute atomic E-state index is 12.9. The van der Waals surface area contributed by atoms with E-state index in [1.54, 1.807) is 0 Å². The van der Waals surface area contributed by atoms with Crippen molar-refractivity contribution in [2.75, 3.05) is 13.2 Å². The van der Waals surface area contributed by atoms with Gasteiger partial charge in [-0.05, 0) is 89.9 Å². The van der Waals surface area contributed by atoms with Gasteiger partial charge in [0.25, 0.3) is 0 Å². The number of ether oxygens (including phenoxy) is 3. The van der Waals surface area contributed by atoms with Crippen LogP contribution in [-0.2, 0) is 28.6 Å². The van der Waals surface area contributed by atoms with Crippen LogP contribution in [0.3, 0.4) is 0 Å². The van der Waals surface area contributed by atoms with Crippen LogP contribution >= 0.6 is 0 Å². The quantitative estimate of drug-likeness (QED) is 0.0261. The molecule has 0 aromatic rings. The van der Waals surface area contributed by atoms with Gasteiger partial charge in [0.05, 0.1) is 0 Å². The molecule has 0 spiro atoms. The van der Waals surface area contributed by atoms with Crippen LogP contribution in [0.25, 0.3) is 0 Å². The van der Waals surface area contributed by atoms with Gasteiger partial charge < -0.3 is 14.2 Å². The van der Waals surface area contributed by atoms with Gasteiger partial charge in [-0.15, -0.1) is 0 Å². The Labute approximate surface area is 502 Å². The molecule has 0 rings (SSSR count). The molecule has 1 unspecified atom stereocenters. The van der Waals surface area contributed by atoms with E-state index in [1.807, 2.05) is 6.08 Å². The number of carbonyl (C=O) groups excluding carboxylic acids is 3. The Balaban J connectivity index is 4.38. The van der Waals surface area contributed by atoms with Crippen LogP contribution in [0.1, 0.15) is 342 Å². The summed E-state index contributed by atoms with van der Waals surface area (Å²) in [5.41, 5.74) is 0. The zero-order valence-electron chi connectivity index (χ0n) is 53.5. The van der Waals surface area contributed by atoms with Gasteiger partial charge in [-0.2, -0.15) is 0 Å². The molecule has 6 heteroatoms. The summed E-state index contributed by atoms with van der Waals surface area (Å²) in [6.45, 7) is 6.50. The molecule has 0 bridgehead atoms. The van der Waals surface area contributed by atoms with E-state index in [0.717, 1.165) is 83.5 Å². The lowest BCUT2D eigenvalue weighted by Gasteiger charge is -2.18. The second-order valence-corrected chi connectivity index (χ2v) is 23.1. The Hall–Kier alpha value is -3.67. The highest BCUT2D eigenvalue weighted by molar-refractivity contribution is 5.71. The van der Waals surface area contributed by atoms with Crippen LogP contribution in [-0.4, -0.2) is 37.2 Å². The summed E-state index contributed by atoms with van der Waals surface area (Å²) in [5, 5.41) is 0. The third-order valence-electron chi connectivity index (χ3n) is 15.1. The Morgan fingerprint density at radius 1 is 0.259 bits per heavy atom. The molecule has 0 saturated heterocycles. The van der Waals surface area contributed by atoms with E-state index in [2.05, 4.69) is 112 Å². The molecule has 0 aliphatic rings.